The Kier molecular flexibility index (Phi) is 4.79. The van der Waals surface area contributed by atoms with Crippen molar-refractivity contribution < 1.29 is 26.3 Å². The Labute approximate surface area is 219 Å². The molecule has 2 heterocycles. The molecule has 0 aromatic heterocycles. The SMILES string of the molecule is CN1C(=C(C#N)C#N)Nc2c(F)c3c(F)c(F)c4c5c(c(F)c6c(F)c(F)c(c21)c3c64)NC(=C(C#N)C#N)N5C. The average Bonchev–Trinajstić information content (AvgIpc) is 3.46. The molecule has 2 aliphatic rings. The third-order valence-corrected chi connectivity index (χ3v) is 7.09. The zero-order chi connectivity index (χ0) is 28.9. The summed E-state index contributed by atoms with van der Waals surface area (Å²) in [6.45, 7) is 0. The summed E-state index contributed by atoms with van der Waals surface area (Å²) < 4.78 is 95.0. The number of benzene rings is 4. The van der Waals surface area contributed by atoms with Crippen molar-refractivity contribution >= 4 is 55.1 Å². The van der Waals surface area contributed by atoms with Gasteiger partial charge in [-0.25, -0.2) is 26.3 Å². The molecular formula is C26H8F6N8. The van der Waals surface area contributed by atoms with Gasteiger partial charge in [0.2, 0.25) is 0 Å². The van der Waals surface area contributed by atoms with Crippen molar-refractivity contribution in [3.05, 3.63) is 57.7 Å². The molecule has 40 heavy (non-hydrogen) atoms. The van der Waals surface area contributed by atoms with Gasteiger partial charge < -0.3 is 20.4 Å². The van der Waals surface area contributed by atoms with Crippen molar-refractivity contribution in [3.8, 4) is 24.3 Å². The topological polar surface area (TPSA) is 126 Å². The molecule has 194 valence electrons. The van der Waals surface area contributed by atoms with Crippen LogP contribution in [0.5, 0.6) is 0 Å². The van der Waals surface area contributed by atoms with E-state index in [2.05, 4.69) is 10.6 Å². The molecule has 0 atom stereocenters. The first-order valence-corrected chi connectivity index (χ1v) is 11.1. The van der Waals surface area contributed by atoms with Crippen LogP contribution in [-0.2, 0) is 0 Å². The normalized spacial score (nSPS) is 13.6. The summed E-state index contributed by atoms with van der Waals surface area (Å²) in [5.74, 6) is -10.7. The van der Waals surface area contributed by atoms with E-state index in [1.165, 1.54) is 14.1 Å². The minimum absolute atomic E-state index is 0.332. The number of anilines is 4. The minimum atomic E-state index is -1.81. The van der Waals surface area contributed by atoms with E-state index in [0.29, 0.717) is 0 Å². The van der Waals surface area contributed by atoms with Crippen molar-refractivity contribution in [1.29, 1.82) is 21.0 Å². The van der Waals surface area contributed by atoms with Crippen molar-refractivity contribution in [3.63, 3.8) is 0 Å². The summed E-state index contributed by atoms with van der Waals surface area (Å²) >= 11 is 0. The highest BCUT2D eigenvalue weighted by molar-refractivity contribution is 6.31. The highest BCUT2D eigenvalue weighted by Gasteiger charge is 2.40. The highest BCUT2D eigenvalue weighted by atomic mass is 19.2. The third-order valence-electron chi connectivity index (χ3n) is 7.09. The maximum absolute atomic E-state index is 15.9. The molecule has 2 N–H and O–H groups in total. The lowest BCUT2D eigenvalue weighted by molar-refractivity contribution is 0.515. The fourth-order valence-electron chi connectivity index (χ4n) is 5.44. The molecule has 0 bridgehead atoms. The van der Waals surface area contributed by atoms with Crippen LogP contribution in [0.4, 0.5) is 49.1 Å². The average molecular weight is 546 g/mol. The number of allylic oxidation sites excluding steroid dienone is 2. The first kappa shape index (κ1) is 24.5. The summed E-state index contributed by atoms with van der Waals surface area (Å²) in [5.41, 5.74) is -3.37. The van der Waals surface area contributed by atoms with Gasteiger partial charge in [-0.05, 0) is 0 Å². The van der Waals surface area contributed by atoms with E-state index in [0.717, 1.165) is 9.80 Å². The van der Waals surface area contributed by atoms with E-state index in [1.807, 2.05) is 0 Å². The summed E-state index contributed by atoms with van der Waals surface area (Å²) in [5, 5.41) is 36.8. The van der Waals surface area contributed by atoms with E-state index in [1.54, 1.807) is 24.3 Å². The van der Waals surface area contributed by atoms with Crippen LogP contribution >= 0.6 is 0 Å². The van der Waals surface area contributed by atoms with E-state index in [9.17, 15) is 21.0 Å². The van der Waals surface area contributed by atoms with Gasteiger partial charge in [-0.15, -0.1) is 0 Å². The Morgan fingerprint density at radius 3 is 1.10 bits per heavy atom. The van der Waals surface area contributed by atoms with Gasteiger partial charge >= 0.3 is 0 Å². The molecule has 4 aromatic rings. The Balaban J connectivity index is 1.92. The Morgan fingerprint density at radius 1 is 0.500 bits per heavy atom. The quantitative estimate of drug-likeness (QED) is 0.164. The molecule has 0 spiro atoms. The van der Waals surface area contributed by atoms with Gasteiger partial charge in [0.15, 0.2) is 46.0 Å². The summed E-state index contributed by atoms with van der Waals surface area (Å²) in [6.07, 6.45) is 0. The van der Waals surface area contributed by atoms with Gasteiger partial charge in [-0.3, -0.25) is 0 Å². The smallest absolute Gasteiger partial charge is 0.170 e. The van der Waals surface area contributed by atoms with Crippen LogP contribution in [-0.4, -0.2) is 14.1 Å². The Morgan fingerprint density at radius 2 is 0.800 bits per heavy atom. The zero-order valence-electron chi connectivity index (χ0n) is 20.0. The molecule has 0 saturated carbocycles. The molecule has 0 radical (unpaired) electrons. The minimum Gasteiger partial charge on any atom is -0.336 e. The number of hydrogen-bond acceptors (Lipinski definition) is 8. The van der Waals surface area contributed by atoms with Gasteiger partial charge in [-0.1, -0.05) is 0 Å². The molecule has 6 rings (SSSR count). The number of hydrogen-bond donors (Lipinski definition) is 2. The standard InChI is InChI=1S/C26H8F6N8/c1-39-23-13-9-10-12(15(27)17(13)29)20(32)22-24(40(2)26(38-22)8(5-35)6-36)14(10)18(30)16(28)11(9)19(31)21(23)37-25(39)7(3-33)4-34/h37-38H,1-2H3. The second-order valence-corrected chi connectivity index (χ2v) is 8.84. The molecule has 0 amide bonds. The van der Waals surface area contributed by atoms with Crippen LogP contribution in [0.15, 0.2) is 22.8 Å². The molecular weight excluding hydrogens is 538 g/mol. The Hall–Kier alpha value is -5.86. The second kappa shape index (κ2) is 7.83. The predicted octanol–water partition coefficient (Wildman–Crippen LogP) is 5.66. The van der Waals surface area contributed by atoms with Crippen LogP contribution in [0.3, 0.4) is 0 Å². The van der Waals surface area contributed by atoms with Crippen molar-refractivity contribution in [1.82, 2.24) is 0 Å². The summed E-state index contributed by atoms with van der Waals surface area (Å²) in [4.78, 5) is 1.95. The van der Waals surface area contributed by atoms with Gasteiger partial charge in [0, 0.05) is 35.6 Å². The van der Waals surface area contributed by atoms with Gasteiger partial charge in [-0.2, -0.15) is 21.0 Å². The molecule has 0 saturated heterocycles. The third kappa shape index (κ3) is 2.57. The van der Waals surface area contributed by atoms with E-state index in [4.69, 9.17) is 0 Å². The van der Waals surface area contributed by atoms with Crippen molar-refractivity contribution in [2.45, 2.75) is 0 Å². The fraction of sp³-hybridized carbons (Fsp3) is 0.0769. The lowest BCUT2D eigenvalue weighted by Crippen LogP contribution is -2.17. The molecule has 4 aromatic carbocycles. The number of nitriles is 4. The maximum atomic E-state index is 15.9. The summed E-state index contributed by atoms with van der Waals surface area (Å²) in [6, 6.07) is 6.27. The van der Waals surface area contributed by atoms with E-state index < -0.39 is 101 Å². The van der Waals surface area contributed by atoms with E-state index in [-0.39, 0.29) is 11.6 Å². The molecule has 0 aliphatic carbocycles. The lowest BCUT2D eigenvalue weighted by atomic mass is 9.89. The van der Waals surface area contributed by atoms with Gasteiger partial charge in [0.05, 0.1) is 22.1 Å². The first-order chi connectivity index (χ1) is 19.0. The van der Waals surface area contributed by atoms with Crippen molar-refractivity contribution in [2.24, 2.45) is 0 Å². The monoisotopic (exact) mass is 546 g/mol. The highest BCUT2D eigenvalue weighted by Crippen LogP contribution is 2.56. The number of halogens is 6. The van der Waals surface area contributed by atoms with Crippen LogP contribution in [0.25, 0.3) is 32.3 Å². The molecule has 0 unspecified atom stereocenters. The van der Waals surface area contributed by atoms with Crippen molar-refractivity contribution in [2.75, 3.05) is 34.5 Å². The van der Waals surface area contributed by atoms with E-state index >= 15 is 26.3 Å². The van der Waals surface area contributed by atoms with Gasteiger partial charge in [0.1, 0.15) is 47.3 Å². The van der Waals surface area contributed by atoms with Crippen LogP contribution in [0.2, 0.25) is 0 Å². The maximum Gasteiger partial charge on any atom is 0.170 e. The lowest BCUT2D eigenvalue weighted by Gasteiger charge is -2.22. The molecule has 14 heteroatoms. The summed E-state index contributed by atoms with van der Waals surface area (Å²) in [7, 11) is 2.40. The van der Waals surface area contributed by atoms with Crippen LogP contribution < -0.4 is 20.4 Å². The number of nitrogens with one attached hydrogen (secondary N) is 2. The van der Waals surface area contributed by atoms with Crippen LogP contribution in [0, 0.1) is 80.2 Å². The molecule has 0 fully saturated rings. The number of rotatable bonds is 0. The second-order valence-electron chi connectivity index (χ2n) is 8.84. The van der Waals surface area contributed by atoms with Crippen LogP contribution in [0.1, 0.15) is 0 Å². The fourth-order valence-corrected chi connectivity index (χ4v) is 5.44. The molecule has 2 aliphatic heterocycles. The largest absolute Gasteiger partial charge is 0.336 e. The zero-order valence-corrected chi connectivity index (χ0v) is 20.0. The first-order valence-electron chi connectivity index (χ1n) is 11.1. The predicted molar refractivity (Wildman–Crippen MR) is 130 cm³/mol. The van der Waals surface area contributed by atoms with Gasteiger partial charge in [0.25, 0.3) is 0 Å². The number of nitrogens with zero attached hydrogens (tertiary/aromatic N) is 6. The Bertz CT molecular complexity index is 1970. The molecule has 8 nitrogen and oxygen atoms in total. The number of fused-ring (bicyclic) bond motifs is 4.